The lowest BCUT2D eigenvalue weighted by molar-refractivity contribution is 0.0835. The SMILES string of the molecule is CN1CCCC2(CN=C(N)N2C2CC2)C1. The van der Waals surface area contributed by atoms with Gasteiger partial charge in [-0.1, -0.05) is 0 Å². The molecule has 0 aromatic carbocycles. The molecule has 15 heavy (non-hydrogen) atoms. The zero-order chi connectivity index (χ0) is 10.5. The summed E-state index contributed by atoms with van der Waals surface area (Å²) in [5, 5.41) is 0. The van der Waals surface area contributed by atoms with E-state index in [4.69, 9.17) is 5.73 Å². The van der Waals surface area contributed by atoms with Gasteiger partial charge in [0.1, 0.15) is 0 Å². The van der Waals surface area contributed by atoms with Crippen molar-refractivity contribution in [3.63, 3.8) is 0 Å². The van der Waals surface area contributed by atoms with Gasteiger partial charge in [-0.25, -0.2) is 0 Å². The van der Waals surface area contributed by atoms with Gasteiger partial charge in [0.25, 0.3) is 0 Å². The van der Waals surface area contributed by atoms with E-state index < -0.39 is 0 Å². The predicted molar refractivity (Wildman–Crippen MR) is 60.8 cm³/mol. The number of likely N-dealkylation sites (tertiary alicyclic amines) is 1. The molecule has 2 aliphatic heterocycles. The first-order valence-electron chi connectivity index (χ1n) is 5.99. The van der Waals surface area contributed by atoms with Crippen LogP contribution in [0.3, 0.4) is 0 Å². The minimum absolute atomic E-state index is 0.248. The third-order valence-electron chi connectivity index (χ3n) is 3.95. The maximum atomic E-state index is 6.03. The van der Waals surface area contributed by atoms with Crippen molar-refractivity contribution >= 4 is 5.96 Å². The van der Waals surface area contributed by atoms with E-state index in [1.807, 2.05) is 0 Å². The molecule has 3 aliphatic rings. The molecule has 2 fully saturated rings. The molecule has 2 heterocycles. The number of rotatable bonds is 1. The fourth-order valence-electron chi connectivity index (χ4n) is 3.19. The van der Waals surface area contributed by atoms with Gasteiger partial charge < -0.3 is 15.5 Å². The molecule has 4 nitrogen and oxygen atoms in total. The Bertz CT molecular complexity index is 297. The summed E-state index contributed by atoms with van der Waals surface area (Å²) in [5.74, 6) is 0.799. The van der Waals surface area contributed by atoms with E-state index in [-0.39, 0.29) is 5.54 Å². The Balaban J connectivity index is 1.84. The summed E-state index contributed by atoms with van der Waals surface area (Å²) >= 11 is 0. The fraction of sp³-hybridized carbons (Fsp3) is 0.909. The number of piperidine rings is 1. The molecule has 0 bridgehead atoms. The molecule has 1 saturated heterocycles. The van der Waals surface area contributed by atoms with Crippen LogP contribution < -0.4 is 5.73 Å². The quantitative estimate of drug-likeness (QED) is 0.671. The largest absolute Gasteiger partial charge is 0.370 e. The van der Waals surface area contributed by atoms with E-state index in [1.165, 1.54) is 32.2 Å². The molecule has 1 spiro atoms. The molecule has 0 amide bonds. The van der Waals surface area contributed by atoms with Crippen LogP contribution in [0, 0.1) is 0 Å². The lowest BCUT2D eigenvalue weighted by Crippen LogP contribution is -2.60. The number of hydrogen-bond acceptors (Lipinski definition) is 4. The maximum Gasteiger partial charge on any atom is 0.192 e. The average Bonchev–Trinajstić information content (AvgIpc) is 2.96. The van der Waals surface area contributed by atoms with Gasteiger partial charge in [0.15, 0.2) is 5.96 Å². The highest BCUT2D eigenvalue weighted by atomic mass is 15.4. The fourth-order valence-corrected chi connectivity index (χ4v) is 3.19. The standard InChI is InChI=1S/C11H20N4/c1-14-6-2-5-11(8-14)7-13-10(12)15(11)9-3-4-9/h9H,2-8H2,1H3,(H2,12,13). The average molecular weight is 208 g/mol. The summed E-state index contributed by atoms with van der Waals surface area (Å²) in [7, 11) is 2.21. The van der Waals surface area contributed by atoms with Crippen LogP contribution in [-0.4, -0.2) is 54.0 Å². The summed E-state index contributed by atoms with van der Waals surface area (Å²) in [6.45, 7) is 3.27. The van der Waals surface area contributed by atoms with Gasteiger partial charge in [-0.15, -0.1) is 0 Å². The molecular formula is C11H20N4. The van der Waals surface area contributed by atoms with Crippen LogP contribution in [0.2, 0.25) is 0 Å². The third kappa shape index (κ3) is 1.42. The van der Waals surface area contributed by atoms with Crippen LogP contribution in [-0.2, 0) is 0 Å². The summed E-state index contributed by atoms with van der Waals surface area (Å²) < 4.78 is 0. The maximum absolute atomic E-state index is 6.03. The topological polar surface area (TPSA) is 44.9 Å². The van der Waals surface area contributed by atoms with Gasteiger partial charge in [-0.05, 0) is 39.3 Å². The van der Waals surface area contributed by atoms with Crippen molar-refractivity contribution in [1.29, 1.82) is 0 Å². The highest BCUT2D eigenvalue weighted by Crippen LogP contribution is 2.39. The highest BCUT2D eigenvalue weighted by molar-refractivity contribution is 5.81. The highest BCUT2D eigenvalue weighted by Gasteiger charge is 2.49. The van der Waals surface area contributed by atoms with Crippen molar-refractivity contribution < 1.29 is 0 Å². The molecule has 3 rings (SSSR count). The molecule has 1 atom stereocenters. The van der Waals surface area contributed by atoms with Gasteiger partial charge in [0.05, 0.1) is 12.1 Å². The Hall–Kier alpha value is -0.770. The van der Waals surface area contributed by atoms with Gasteiger partial charge >= 0.3 is 0 Å². The smallest absolute Gasteiger partial charge is 0.192 e. The predicted octanol–water partition coefficient (Wildman–Crippen LogP) is 0.244. The molecule has 0 radical (unpaired) electrons. The van der Waals surface area contributed by atoms with Crippen molar-refractivity contribution in [2.24, 2.45) is 10.7 Å². The molecule has 1 unspecified atom stereocenters. The Morgan fingerprint density at radius 2 is 2.27 bits per heavy atom. The summed E-state index contributed by atoms with van der Waals surface area (Å²) in [6, 6.07) is 0.697. The van der Waals surface area contributed by atoms with Gasteiger partial charge in [-0.2, -0.15) is 0 Å². The second-order valence-corrected chi connectivity index (χ2v) is 5.34. The molecule has 2 N–H and O–H groups in total. The Kier molecular flexibility index (Phi) is 1.96. The van der Waals surface area contributed by atoms with E-state index in [1.54, 1.807) is 0 Å². The number of nitrogens with two attached hydrogens (primary N) is 1. The van der Waals surface area contributed by atoms with E-state index in [2.05, 4.69) is 21.8 Å². The first-order valence-corrected chi connectivity index (χ1v) is 5.99. The Morgan fingerprint density at radius 3 is 2.93 bits per heavy atom. The Labute approximate surface area is 91.1 Å². The van der Waals surface area contributed by atoms with E-state index >= 15 is 0 Å². The van der Waals surface area contributed by atoms with E-state index in [0.29, 0.717) is 6.04 Å². The van der Waals surface area contributed by atoms with Crippen molar-refractivity contribution in [3.8, 4) is 0 Å². The molecular weight excluding hydrogens is 188 g/mol. The van der Waals surface area contributed by atoms with Crippen molar-refractivity contribution in [3.05, 3.63) is 0 Å². The van der Waals surface area contributed by atoms with Crippen LogP contribution in [0.1, 0.15) is 25.7 Å². The van der Waals surface area contributed by atoms with Crippen LogP contribution in [0.15, 0.2) is 4.99 Å². The number of hydrogen-bond donors (Lipinski definition) is 1. The summed E-state index contributed by atoms with van der Waals surface area (Å²) in [5.41, 5.74) is 6.28. The van der Waals surface area contributed by atoms with E-state index in [9.17, 15) is 0 Å². The first-order chi connectivity index (χ1) is 7.21. The minimum atomic E-state index is 0.248. The summed E-state index contributed by atoms with van der Waals surface area (Å²) in [4.78, 5) is 9.34. The monoisotopic (exact) mass is 208 g/mol. The number of nitrogens with zero attached hydrogens (tertiary/aromatic N) is 3. The Morgan fingerprint density at radius 1 is 1.47 bits per heavy atom. The van der Waals surface area contributed by atoms with Crippen molar-refractivity contribution in [2.45, 2.75) is 37.3 Å². The molecule has 1 aliphatic carbocycles. The molecule has 4 heteroatoms. The van der Waals surface area contributed by atoms with E-state index in [0.717, 1.165) is 19.0 Å². The van der Waals surface area contributed by atoms with Crippen LogP contribution >= 0.6 is 0 Å². The third-order valence-corrected chi connectivity index (χ3v) is 3.95. The van der Waals surface area contributed by atoms with Crippen LogP contribution in [0.5, 0.6) is 0 Å². The number of likely N-dealkylation sites (N-methyl/N-ethyl adjacent to an activating group) is 1. The lowest BCUT2D eigenvalue weighted by Gasteiger charge is -2.45. The summed E-state index contributed by atoms with van der Waals surface area (Å²) in [6.07, 6.45) is 5.16. The molecule has 84 valence electrons. The lowest BCUT2D eigenvalue weighted by atomic mass is 9.88. The van der Waals surface area contributed by atoms with Gasteiger partial charge in [-0.3, -0.25) is 4.99 Å². The zero-order valence-electron chi connectivity index (χ0n) is 9.45. The molecule has 0 aromatic heterocycles. The van der Waals surface area contributed by atoms with Crippen LogP contribution in [0.25, 0.3) is 0 Å². The minimum Gasteiger partial charge on any atom is -0.370 e. The molecule has 1 saturated carbocycles. The molecule has 0 aromatic rings. The zero-order valence-corrected chi connectivity index (χ0v) is 9.45. The normalized spacial score (nSPS) is 37.4. The van der Waals surface area contributed by atoms with Crippen molar-refractivity contribution in [1.82, 2.24) is 9.80 Å². The second-order valence-electron chi connectivity index (χ2n) is 5.34. The second kappa shape index (κ2) is 3.11. The van der Waals surface area contributed by atoms with Crippen molar-refractivity contribution in [2.75, 3.05) is 26.7 Å². The van der Waals surface area contributed by atoms with Crippen LogP contribution in [0.4, 0.5) is 0 Å². The first kappa shape index (κ1) is 9.46. The van der Waals surface area contributed by atoms with Gasteiger partial charge in [0, 0.05) is 12.6 Å². The number of guanidine groups is 1. The number of aliphatic imine (C=N–C) groups is 1. The van der Waals surface area contributed by atoms with Gasteiger partial charge in [0.2, 0.25) is 0 Å².